The maximum Gasteiger partial charge on any atom is 0.253 e. The molecule has 3 N–H and O–H groups in total. The van der Waals surface area contributed by atoms with Crippen molar-refractivity contribution in [2.24, 2.45) is 0 Å². The van der Waals surface area contributed by atoms with Gasteiger partial charge in [-0.25, -0.2) is 9.97 Å². The van der Waals surface area contributed by atoms with Crippen LogP contribution >= 0.6 is 0 Å². The Balaban J connectivity index is 1.35. The molecule has 3 aromatic rings. The molecule has 7 heteroatoms. The van der Waals surface area contributed by atoms with Crippen LogP contribution in [0.5, 0.6) is 0 Å². The minimum absolute atomic E-state index is 0.0730. The molecule has 1 aliphatic rings. The molecule has 152 valence electrons. The zero-order valence-electron chi connectivity index (χ0n) is 16.6. The average Bonchev–Trinajstić information content (AvgIpc) is 3.19. The normalized spacial score (nSPS) is 19.2. The van der Waals surface area contributed by atoms with Gasteiger partial charge >= 0.3 is 0 Å². The van der Waals surface area contributed by atoms with Gasteiger partial charge in [0.15, 0.2) is 0 Å². The van der Waals surface area contributed by atoms with Crippen LogP contribution in [0, 0.1) is 0 Å². The molecule has 7 nitrogen and oxygen atoms in total. The number of anilines is 1. The summed E-state index contributed by atoms with van der Waals surface area (Å²) in [5.74, 6) is 2.03. The number of fused-ring (bicyclic) bond motifs is 1. The van der Waals surface area contributed by atoms with Crippen LogP contribution in [-0.4, -0.2) is 47.2 Å². The molecule has 0 spiro atoms. The fourth-order valence-electron chi connectivity index (χ4n) is 3.92. The minimum Gasteiger partial charge on any atom is -0.383 e. The van der Waals surface area contributed by atoms with Gasteiger partial charge in [0.25, 0.3) is 5.91 Å². The standard InChI is InChI=1S/C22H27N5O2/c1-29-12-11-23-20-10-9-16(14-24-20)22(28)25-17-6-4-5-15(13-17)21-26-18-7-2-3-8-19(18)27-21/h2-3,7-10,14-15,17H,4-6,11-13H2,1H3,(H,23,24)(H,25,28)(H,26,27)/t15?,17-/m1/s1. The van der Waals surface area contributed by atoms with Crippen molar-refractivity contribution in [3.05, 3.63) is 54.0 Å². The second-order valence-corrected chi connectivity index (χ2v) is 7.52. The highest BCUT2D eigenvalue weighted by Crippen LogP contribution is 2.32. The lowest BCUT2D eigenvalue weighted by atomic mass is 9.85. The minimum atomic E-state index is -0.0730. The zero-order valence-corrected chi connectivity index (χ0v) is 16.6. The number of rotatable bonds is 7. The van der Waals surface area contributed by atoms with E-state index in [1.165, 1.54) is 0 Å². The molecule has 1 saturated carbocycles. The molecule has 0 saturated heterocycles. The van der Waals surface area contributed by atoms with Crippen molar-refractivity contribution in [1.29, 1.82) is 0 Å². The Morgan fingerprint density at radius 1 is 1.24 bits per heavy atom. The first-order valence-electron chi connectivity index (χ1n) is 10.2. The van der Waals surface area contributed by atoms with E-state index in [1.54, 1.807) is 19.4 Å². The van der Waals surface area contributed by atoms with Crippen molar-refractivity contribution >= 4 is 22.8 Å². The number of pyridine rings is 1. The summed E-state index contributed by atoms with van der Waals surface area (Å²) in [7, 11) is 1.66. The topological polar surface area (TPSA) is 91.9 Å². The molecule has 2 aromatic heterocycles. The number of aromatic amines is 1. The molecule has 0 bridgehead atoms. The Morgan fingerprint density at radius 3 is 2.93 bits per heavy atom. The predicted molar refractivity (Wildman–Crippen MR) is 113 cm³/mol. The van der Waals surface area contributed by atoms with Crippen molar-refractivity contribution in [2.45, 2.75) is 37.6 Å². The van der Waals surface area contributed by atoms with E-state index in [4.69, 9.17) is 9.72 Å². The molecule has 4 rings (SSSR count). The van der Waals surface area contributed by atoms with Gasteiger partial charge in [-0.15, -0.1) is 0 Å². The maximum absolute atomic E-state index is 12.7. The van der Waals surface area contributed by atoms with Gasteiger partial charge in [-0.1, -0.05) is 18.6 Å². The van der Waals surface area contributed by atoms with Crippen LogP contribution in [0.1, 0.15) is 47.8 Å². The van der Waals surface area contributed by atoms with Crippen molar-refractivity contribution < 1.29 is 9.53 Å². The van der Waals surface area contributed by atoms with Gasteiger partial charge in [0.2, 0.25) is 0 Å². The van der Waals surface area contributed by atoms with Gasteiger partial charge in [0, 0.05) is 31.8 Å². The molecular formula is C22H27N5O2. The number of methoxy groups -OCH3 is 1. The van der Waals surface area contributed by atoms with Crippen LogP contribution in [0.4, 0.5) is 5.82 Å². The lowest BCUT2D eigenvalue weighted by Crippen LogP contribution is -2.38. The number of benzene rings is 1. The van der Waals surface area contributed by atoms with Crippen LogP contribution in [0.25, 0.3) is 11.0 Å². The summed E-state index contributed by atoms with van der Waals surface area (Å²) >= 11 is 0. The van der Waals surface area contributed by atoms with Crippen LogP contribution in [-0.2, 0) is 4.74 Å². The van der Waals surface area contributed by atoms with E-state index < -0.39 is 0 Å². The van der Waals surface area contributed by atoms with E-state index in [2.05, 4.69) is 26.7 Å². The average molecular weight is 393 g/mol. The van der Waals surface area contributed by atoms with Crippen molar-refractivity contribution in [1.82, 2.24) is 20.3 Å². The van der Waals surface area contributed by atoms with Gasteiger partial charge in [-0.05, 0) is 43.5 Å². The second kappa shape index (κ2) is 9.05. The highest BCUT2D eigenvalue weighted by molar-refractivity contribution is 5.94. The van der Waals surface area contributed by atoms with Gasteiger partial charge in [-0.3, -0.25) is 4.79 Å². The molecule has 1 amide bonds. The fourth-order valence-corrected chi connectivity index (χ4v) is 3.92. The van der Waals surface area contributed by atoms with E-state index in [0.29, 0.717) is 24.6 Å². The number of hydrogen-bond donors (Lipinski definition) is 3. The number of amides is 1. The van der Waals surface area contributed by atoms with Crippen molar-refractivity contribution in [2.75, 3.05) is 25.6 Å². The van der Waals surface area contributed by atoms with Crippen molar-refractivity contribution in [3.8, 4) is 0 Å². The van der Waals surface area contributed by atoms with Crippen LogP contribution < -0.4 is 10.6 Å². The number of nitrogens with one attached hydrogen (secondary N) is 3. The Labute approximate surface area is 170 Å². The number of carbonyl (C=O) groups excluding carboxylic acids is 1. The molecule has 0 aliphatic heterocycles. The Bertz CT molecular complexity index is 920. The zero-order chi connectivity index (χ0) is 20.1. The number of para-hydroxylation sites is 2. The van der Waals surface area contributed by atoms with E-state index in [-0.39, 0.29) is 11.9 Å². The van der Waals surface area contributed by atoms with E-state index in [9.17, 15) is 4.79 Å². The summed E-state index contributed by atoms with van der Waals surface area (Å²) in [5.41, 5.74) is 2.64. The highest BCUT2D eigenvalue weighted by atomic mass is 16.5. The second-order valence-electron chi connectivity index (χ2n) is 7.52. The number of nitrogens with zero attached hydrogens (tertiary/aromatic N) is 2. The number of carbonyl (C=O) groups is 1. The molecule has 2 atom stereocenters. The van der Waals surface area contributed by atoms with E-state index >= 15 is 0 Å². The first-order chi connectivity index (χ1) is 14.2. The van der Waals surface area contributed by atoms with Crippen LogP contribution in [0.15, 0.2) is 42.6 Å². The van der Waals surface area contributed by atoms with Gasteiger partial charge in [0.05, 0.1) is 23.2 Å². The summed E-state index contributed by atoms with van der Waals surface area (Å²) in [6.07, 6.45) is 5.68. The van der Waals surface area contributed by atoms with Gasteiger partial charge in [-0.2, -0.15) is 0 Å². The van der Waals surface area contributed by atoms with Gasteiger partial charge < -0.3 is 20.4 Å². The van der Waals surface area contributed by atoms with E-state index in [1.807, 2.05) is 24.3 Å². The largest absolute Gasteiger partial charge is 0.383 e. The number of H-pyrrole nitrogens is 1. The third-order valence-electron chi connectivity index (χ3n) is 5.44. The first-order valence-corrected chi connectivity index (χ1v) is 10.2. The smallest absolute Gasteiger partial charge is 0.253 e. The van der Waals surface area contributed by atoms with Crippen LogP contribution in [0.2, 0.25) is 0 Å². The summed E-state index contributed by atoms with van der Waals surface area (Å²) in [4.78, 5) is 25.2. The molecule has 2 heterocycles. The Kier molecular flexibility index (Phi) is 6.05. The number of hydrogen-bond acceptors (Lipinski definition) is 5. The highest BCUT2D eigenvalue weighted by Gasteiger charge is 2.26. The lowest BCUT2D eigenvalue weighted by Gasteiger charge is -2.28. The Hall–Kier alpha value is -2.93. The first kappa shape index (κ1) is 19.4. The third kappa shape index (κ3) is 4.74. The molecule has 29 heavy (non-hydrogen) atoms. The quantitative estimate of drug-likeness (QED) is 0.535. The molecule has 1 unspecified atom stereocenters. The lowest BCUT2D eigenvalue weighted by molar-refractivity contribution is 0.0924. The maximum atomic E-state index is 12.7. The number of ether oxygens (including phenoxy) is 1. The Morgan fingerprint density at radius 2 is 2.14 bits per heavy atom. The monoisotopic (exact) mass is 393 g/mol. The van der Waals surface area contributed by atoms with Gasteiger partial charge in [0.1, 0.15) is 11.6 Å². The summed E-state index contributed by atoms with van der Waals surface area (Å²) in [6, 6.07) is 11.9. The fraction of sp³-hybridized carbons (Fsp3) is 0.409. The third-order valence-corrected chi connectivity index (χ3v) is 5.44. The summed E-state index contributed by atoms with van der Waals surface area (Å²) in [6.45, 7) is 1.29. The molecular weight excluding hydrogens is 366 g/mol. The summed E-state index contributed by atoms with van der Waals surface area (Å²) in [5, 5.41) is 6.33. The molecule has 1 fully saturated rings. The molecule has 1 aliphatic carbocycles. The van der Waals surface area contributed by atoms with Crippen molar-refractivity contribution in [3.63, 3.8) is 0 Å². The SMILES string of the molecule is COCCNc1ccc(C(=O)N[C@@H]2CCCC(c3nc4ccccc4[nH]3)C2)cn1. The summed E-state index contributed by atoms with van der Waals surface area (Å²) < 4.78 is 5.01. The number of aromatic nitrogens is 3. The molecule has 1 aromatic carbocycles. The predicted octanol–water partition coefficient (Wildman–Crippen LogP) is 3.47. The van der Waals surface area contributed by atoms with E-state index in [0.717, 1.165) is 48.4 Å². The van der Waals surface area contributed by atoms with Crippen LogP contribution in [0.3, 0.4) is 0 Å². The number of imidazole rings is 1. The molecule has 0 radical (unpaired) electrons.